The van der Waals surface area contributed by atoms with Crippen molar-refractivity contribution in [2.75, 3.05) is 19.6 Å². The lowest BCUT2D eigenvalue weighted by Gasteiger charge is -2.36. The minimum Gasteiger partial charge on any atom is -0.314 e. The van der Waals surface area contributed by atoms with Crippen LogP contribution in [0.3, 0.4) is 0 Å². The van der Waals surface area contributed by atoms with Crippen molar-refractivity contribution in [3.05, 3.63) is 51.7 Å². The van der Waals surface area contributed by atoms with Gasteiger partial charge in [0, 0.05) is 36.5 Å². The van der Waals surface area contributed by atoms with Gasteiger partial charge in [0.05, 0.1) is 12.2 Å². The number of benzene rings is 1. The van der Waals surface area contributed by atoms with Gasteiger partial charge in [-0.3, -0.25) is 4.90 Å². The average molecular weight is 333 g/mol. The van der Waals surface area contributed by atoms with Crippen molar-refractivity contribution in [3.8, 4) is 0 Å². The van der Waals surface area contributed by atoms with Gasteiger partial charge in [0.15, 0.2) is 0 Å². The Morgan fingerprint density at radius 3 is 2.91 bits per heavy atom. The number of hydrogen-bond donors (Lipinski definition) is 1. The monoisotopic (exact) mass is 333 g/mol. The molecule has 1 saturated heterocycles. The van der Waals surface area contributed by atoms with Crippen molar-refractivity contribution < 1.29 is 4.39 Å². The van der Waals surface area contributed by atoms with Gasteiger partial charge >= 0.3 is 0 Å². The highest BCUT2D eigenvalue weighted by Gasteiger charge is 2.25. The van der Waals surface area contributed by atoms with Crippen molar-refractivity contribution >= 4 is 11.3 Å². The zero-order chi connectivity index (χ0) is 16.4. The van der Waals surface area contributed by atoms with E-state index in [2.05, 4.69) is 36.4 Å². The van der Waals surface area contributed by atoms with Crippen molar-refractivity contribution in [2.45, 2.75) is 38.8 Å². The Hall–Kier alpha value is -1.30. The molecule has 3 rings (SSSR count). The number of aromatic nitrogens is 1. The largest absolute Gasteiger partial charge is 0.314 e. The molecule has 1 fully saturated rings. The Morgan fingerprint density at radius 1 is 1.39 bits per heavy atom. The number of thiazole rings is 1. The molecule has 0 saturated carbocycles. The van der Waals surface area contributed by atoms with Crippen LogP contribution in [-0.4, -0.2) is 29.5 Å². The minimum absolute atomic E-state index is 0.0835. The molecule has 1 aliphatic rings. The summed E-state index contributed by atoms with van der Waals surface area (Å²) in [6.45, 7) is 10.1. The molecule has 1 aromatic carbocycles. The summed E-state index contributed by atoms with van der Waals surface area (Å²) in [5.41, 5.74) is 2.26. The van der Waals surface area contributed by atoms with E-state index in [1.165, 1.54) is 6.07 Å². The van der Waals surface area contributed by atoms with E-state index in [1.54, 1.807) is 23.5 Å². The molecule has 0 spiro atoms. The molecular weight excluding hydrogens is 309 g/mol. The fourth-order valence-corrected chi connectivity index (χ4v) is 3.93. The van der Waals surface area contributed by atoms with Gasteiger partial charge in [-0.1, -0.05) is 32.9 Å². The summed E-state index contributed by atoms with van der Waals surface area (Å²) in [7, 11) is 0. The Balaban J connectivity index is 1.78. The zero-order valence-corrected chi connectivity index (χ0v) is 14.8. The van der Waals surface area contributed by atoms with Gasteiger partial charge in [-0.05, 0) is 17.7 Å². The van der Waals surface area contributed by atoms with Crippen molar-refractivity contribution in [2.24, 2.45) is 0 Å². The molecule has 0 aliphatic carbocycles. The van der Waals surface area contributed by atoms with E-state index in [9.17, 15) is 4.39 Å². The zero-order valence-electron chi connectivity index (χ0n) is 14.0. The second-order valence-electron chi connectivity index (χ2n) is 7.12. The number of halogens is 1. The molecule has 2 heterocycles. The maximum absolute atomic E-state index is 13.6. The van der Waals surface area contributed by atoms with E-state index < -0.39 is 0 Å². The first kappa shape index (κ1) is 16.6. The molecule has 0 amide bonds. The summed E-state index contributed by atoms with van der Waals surface area (Å²) in [5, 5.41) is 6.72. The van der Waals surface area contributed by atoms with Gasteiger partial charge in [-0.15, -0.1) is 11.3 Å². The van der Waals surface area contributed by atoms with Crippen LogP contribution in [0.5, 0.6) is 0 Å². The standard InChI is InChI=1S/C18H24FN3S/c1-18(2,3)16-12-23-17(21-16)11-22-8-7-20-10-15(22)13-5-4-6-14(19)9-13/h4-6,9,12,15,20H,7-8,10-11H2,1-3H3. The summed E-state index contributed by atoms with van der Waals surface area (Å²) in [5.74, 6) is -0.169. The van der Waals surface area contributed by atoms with Crippen LogP contribution in [0.1, 0.15) is 43.1 Å². The molecule has 23 heavy (non-hydrogen) atoms. The Morgan fingerprint density at radius 2 is 2.22 bits per heavy atom. The highest BCUT2D eigenvalue weighted by atomic mass is 32.1. The van der Waals surface area contributed by atoms with Crippen LogP contribution in [0.25, 0.3) is 0 Å². The normalized spacial score (nSPS) is 19.9. The first-order chi connectivity index (χ1) is 10.9. The van der Waals surface area contributed by atoms with Crippen LogP contribution < -0.4 is 5.32 Å². The first-order valence-electron chi connectivity index (χ1n) is 8.08. The van der Waals surface area contributed by atoms with Crippen LogP contribution in [0.2, 0.25) is 0 Å². The van der Waals surface area contributed by atoms with Crippen molar-refractivity contribution in [1.29, 1.82) is 0 Å². The fourth-order valence-electron chi connectivity index (χ4n) is 2.88. The van der Waals surface area contributed by atoms with Crippen LogP contribution in [0, 0.1) is 5.82 Å². The Bertz CT molecular complexity index is 662. The molecule has 1 aliphatic heterocycles. The van der Waals surface area contributed by atoms with E-state index in [4.69, 9.17) is 4.98 Å². The quantitative estimate of drug-likeness (QED) is 0.928. The summed E-state index contributed by atoms with van der Waals surface area (Å²) < 4.78 is 13.6. The molecule has 1 aromatic heterocycles. The van der Waals surface area contributed by atoms with Gasteiger partial charge in [0.2, 0.25) is 0 Å². The summed E-state index contributed by atoms with van der Waals surface area (Å²) in [6, 6.07) is 7.14. The van der Waals surface area contributed by atoms with Gasteiger partial charge < -0.3 is 5.32 Å². The minimum atomic E-state index is -0.169. The Labute approximate surface area is 141 Å². The third kappa shape index (κ3) is 3.97. The molecule has 0 bridgehead atoms. The third-order valence-corrected chi connectivity index (χ3v) is 5.08. The summed E-state index contributed by atoms with van der Waals surface area (Å²) in [4.78, 5) is 7.20. The summed E-state index contributed by atoms with van der Waals surface area (Å²) in [6.07, 6.45) is 0. The fraction of sp³-hybridized carbons (Fsp3) is 0.500. The maximum Gasteiger partial charge on any atom is 0.123 e. The first-order valence-corrected chi connectivity index (χ1v) is 8.96. The maximum atomic E-state index is 13.6. The molecule has 2 aromatic rings. The highest BCUT2D eigenvalue weighted by molar-refractivity contribution is 7.09. The van der Waals surface area contributed by atoms with Gasteiger partial charge in [0.25, 0.3) is 0 Å². The van der Waals surface area contributed by atoms with Crippen molar-refractivity contribution in [1.82, 2.24) is 15.2 Å². The van der Waals surface area contributed by atoms with E-state index >= 15 is 0 Å². The number of nitrogens with zero attached hydrogens (tertiary/aromatic N) is 2. The molecule has 1 N–H and O–H groups in total. The van der Waals surface area contributed by atoms with Crippen molar-refractivity contribution in [3.63, 3.8) is 0 Å². The summed E-state index contributed by atoms with van der Waals surface area (Å²) >= 11 is 1.72. The molecule has 0 radical (unpaired) electrons. The van der Waals surface area contributed by atoms with Crippen LogP contribution in [0.15, 0.2) is 29.6 Å². The number of piperazine rings is 1. The topological polar surface area (TPSA) is 28.2 Å². The number of rotatable bonds is 3. The number of nitrogens with one attached hydrogen (secondary N) is 1. The lowest BCUT2D eigenvalue weighted by molar-refractivity contribution is 0.153. The molecule has 1 unspecified atom stereocenters. The smallest absolute Gasteiger partial charge is 0.123 e. The highest BCUT2D eigenvalue weighted by Crippen LogP contribution is 2.28. The van der Waals surface area contributed by atoms with Crippen LogP contribution in [0.4, 0.5) is 4.39 Å². The molecule has 3 nitrogen and oxygen atoms in total. The predicted octanol–water partition coefficient (Wildman–Crippen LogP) is 3.73. The van der Waals surface area contributed by atoms with Gasteiger partial charge in [-0.2, -0.15) is 0 Å². The molecule has 1 atom stereocenters. The second kappa shape index (κ2) is 6.67. The second-order valence-corrected chi connectivity index (χ2v) is 8.06. The van der Waals surface area contributed by atoms with E-state index in [0.29, 0.717) is 0 Å². The third-order valence-electron chi connectivity index (χ3n) is 4.25. The van der Waals surface area contributed by atoms with E-state index in [1.807, 2.05) is 6.07 Å². The molecule has 5 heteroatoms. The molecular formula is C18H24FN3S. The SMILES string of the molecule is CC(C)(C)c1csc(CN2CCNCC2c2cccc(F)c2)n1. The predicted molar refractivity (Wildman–Crippen MR) is 93.2 cm³/mol. The Kier molecular flexibility index (Phi) is 4.80. The lowest BCUT2D eigenvalue weighted by atomic mass is 9.93. The van der Waals surface area contributed by atoms with E-state index in [-0.39, 0.29) is 17.3 Å². The number of hydrogen-bond acceptors (Lipinski definition) is 4. The molecule has 124 valence electrons. The van der Waals surface area contributed by atoms with Crippen LogP contribution >= 0.6 is 11.3 Å². The van der Waals surface area contributed by atoms with Gasteiger partial charge in [0.1, 0.15) is 10.8 Å². The van der Waals surface area contributed by atoms with Gasteiger partial charge in [-0.25, -0.2) is 9.37 Å². The average Bonchev–Trinajstić information content (AvgIpc) is 2.96. The lowest BCUT2D eigenvalue weighted by Crippen LogP contribution is -2.45. The van der Waals surface area contributed by atoms with Crippen LogP contribution in [-0.2, 0) is 12.0 Å². The van der Waals surface area contributed by atoms with E-state index in [0.717, 1.165) is 42.4 Å².